The SMILES string of the molecule is CCCCCOc1ccccc1C(=O)O.[Mo]. The van der Waals surface area contributed by atoms with E-state index in [1.807, 2.05) is 0 Å². The molecule has 0 saturated carbocycles. The number of hydrogen-bond acceptors (Lipinski definition) is 2. The van der Waals surface area contributed by atoms with E-state index in [9.17, 15) is 4.79 Å². The molecule has 1 aromatic rings. The number of carboxylic acid groups (broad SMARTS) is 1. The zero-order chi connectivity index (χ0) is 11.1. The molecule has 0 heterocycles. The van der Waals surface area contributed by atoms with Gasteiger partial charge >= 0.3 is 5.97 Å². The first-order chi connectivity index (χ1) is 7.25. The van der Waals surface area contributed by atoms with Crippen LogP contribution >= 0.6 is 0 Å². The first-order valence-corrected chi connectivity index (χ1v) is 5.20. The number of benzene rings is 1. The number of ether oxygens (including phenoxy) is 1. The molecule has 0 aromatic heterocycles. The van der Waals surface area contributed by atoms with Crippen molar-refractivity contribution in [2.75, 3.05) is 6.61 Å². The number of rotatable bonds is 6. The van der Waals surface area contributed by atoms with Crippen LogP contribution in [0.15, 0.2) is 24.3 Å². The summed E-state index contributed by atoms with van der Waals surface area (Å²) in [6, 6.07) is 6.72. The molecule has 0 atom stereocenters. The second-order valence-corrected chi connectivity index (χ2v) is 3.36. The molecule has 0 amide bonds. The van der Waals surface area contributed by atoms with Crippen molar-refractivity contribution in [2.24, 2.45) is 0 Å². The van der Waals surface area contributed by atoms with Crippen LogP contribution in [-0.4, -0.2) is 17.7 Å². The van der Waals surface area contributed by atoms with Crippen LogP contribution in [-0.2, 0) is 21.1 Å². The summed E-state index contributed by atoms with van der Waals surface area (Å²) in [5.74, 6) is -0.484. The fourth-order valence-corrected chi connectivity index (χ4v) is 1.30. The van der Waals surface area contributed by atoms with Crippen molar-refractivity contribution in [1.82, 2.24) is 0 Å². The molecule has 0 spiro atoms. The molecule has 0 saturated heterocycles. The van der Waals surface area contributed by atoms with Crippen molar-refractivity contribution in [3.63, 3.8) is 0 Å². The second-order valence-electron chi connectivity index (χ2n) is 3.36. The summed E-state index contributed by atoms with van der Waals surface area (Å²) in [6.07, 6.45) is 3.20. The predicted molar refractivity (Wildman–Crippen MR) is 58.4 cm³/mol. The third-order valence-corrected chi connectivity index (χ3v) is 2.12. The van der Waals surface area contributed by atoms with Crippen molar-refractivity contribution in [3.8, 4) is 5.75 Å². The molecule has 0 aliphatic heterocycles. The average Bonchev–Trinajstić information content (AvgIpc) is 2.25. The molecule has 88 valence electrons. The average molecular weight is 304 g/mol. The van der Waals surface area contributed by atoms with Crippen molar-refractivity contribution in [1.29, 1.82) is 0 Å². The Hall–Kier alpha value is -0.822. The number of carbonyl (C=O) groups is 1. The maximum absolute atomic E-state index is 10.8. The van der Waals surface area contributed by atoms with Gasteiger partial charge in [0.15, 0.2) is 0 Å². The van der Waals surface area contributed by atoms with Gasteiger partial charge in [-0.3, -0.25) is 0 Å². The largest absolute Gasteiger partial charge is 0.493 e. The Morgan fingerprint density at radius 3 is 2.62 bits per heavy atom. The molecule has 1 N–H and O–H groups in total. The van der Waals surface area contributed by atoms with Crippen LogP contribution in [0.2, 0.25) is 0 Å². The van der Waals surface area contributed by atoms with Gasteiger partial charge in [0, 0.05) is 21.1 Å². The van der Waals surface area contributed by atoms with E-state index in [0.717, 1.165) is 19.3 Å². The van der Waals surface area contributed by atoms with E-state index in [2.05, 4.69) is 6.92 Å². The zero-order valence-electron chi connectivity index (χ0n) is 9.31. The maximum atomic E-state index is 10.8. The van der Waals surface area contributed by atoms with Gasteiger partial charge in [-0.15, -0.1) is 0 Å². The van der Waals surface area contributed by atoms with Crippen LogP contribution < -0.4 is 4.74 Å². The zero-order valence-corrected chi connectivity index (χ0v) is 11.3. The minimum Gasteiger partial charge on any atom is -0.493 e. The Morgan fingerprint density at radius 2 is 2.00 bits per heavy atom. The third kappa shape index (κ3) is 4.80. The van der Waals surface area contributed by atoms with Crippen LogP contribution in [0.1, 0.15) is 36.5 Å². The molecule has 1 aromatic carbocycles. The topological polar surface area (TPSA) is 46.5 Å². The monoisotopic (exact) mass is 306 g/mol. The van der Waals surface area contributed by atoms with Crippen LogP contribution in [0.4, 0.5) is 0 Å². The van der Waals surface area contributed by atoms with E-state index in [1.165, 1.54) is 0 Å². The van der Waals surface area contributed by atoms with Gasteiger partial charge in [0.25, 0.3) is 0 Å². The molecule has 1 rings (SSSR count). The molecule has 3 nitrogen and oxygen atoms in total. The standard InChI is InChI=1S/C12H16O3.Mo/c1-2-3-6-9-15-11-8-5-4-7-10(11)12(13)14;/h4-5,7-8H,2-3,6,9H2,1H3,(H,13,14);. The molecule has 16 heavy (non-hydrogen) atoms. The maximum Gasteiger partial charge on any atom is 0.339 e. The molecule has 0 fully saturated rings. The minimum atomic E-state index is -0.943. The van der Waals surface area contributed by atoms with E-state index >= 15 is 0 Å². The summed E-state index contributed by atoms with van der Waals surface area (Å²) in [7, 11) is 0. The Kier molecular flexibility index (Phi) is 7.92. The molecule has 0 bridgehead atoms. The molecule has 0 unspecified atom stereocenters. The van der Waals surface area contributed by atoms with E-state index in [-0.39, 0.29) is 26.6 Å². The van der Waals surface area contributed by atoms with E-state index in [4.69, 9.17) is 9.84 Å². The summed E-state index contributed by atoms with van der Waals surface area (Å²) in [4.78, 5) is 10.8. The van der Waals surface area contributed by atoms with E-state index < -0.39 is 5.97 Å². The summed E-state index contributed by atoms with van der Waals surface area (Å²) in [5.41, 5.74) is 0.231. The quantitative estimate of drug-likeness (QED) is 0.649. The van der Waals surface area contributed by atoms with Crippen molar-refractivity contribution in [3.05, 3.63) is 29.8 Å². The summed E-state index contributed by atoms with van der Waals surface area (Å²) >= 11 is 0. The van der Waals surface area contributed by atoms with Gasteiger partial charge in [-0.2, -0.15) is 0 Å². The number of unbranched alkanes of at least 4 members (excludes halogenated alkanes) is 2. The normalized spacial score (nSPS) is 9.31. The molecular weight excluding hydrogens is 288 g/mol. The van der Waals surface area contributed by atoms with Gasteiger partial charge in [0.2, 0.25) is 0 Å². The Bertz CT molecular complexity index is 326. The van der Waals surface area contributed by atoms with Crippen molar-refractivity contribution in [2.45, 2.75) is 26.2 Å². The molecule has 0 aliphatic rings. The first kappa shape index (κ1) is 15.2. The number of hydrogen-bond donors (Lipinski definition) is 1. The third-order valence-electron chi connectivity index (χ3n) is 2.12. The van der Waals surface area contributed by atoms with Crippen molar-refractivity contribution >= 4 is 5.97 Å². The molecule has 0 radical (unpaired) electrons. The second kappa shape index (κ2) is 8.34. The van der Waals surface area contributed by atoms with Gasteiger partial charge < -0.3 is 9.84 Å². The Balaban J connectivity index is 0.00000225. The Labute approximate surface area is 110 Å². The number of carboxylic acids is 1. The Morgan fingerprint density at radius 1 is 1.31 bits per heavy atom. The van der Waals surface area contributed by atoms with E-state index in [1.54, 1.807) is 24.3 Å². The van der Waals surface area contributed by atoms with Gasteiger partial charge in [0.1, 0.15) is 11.3 Å². The number of aromatic carboxylic acids is 1. The van der Waals surface area contributed by atoms with Crippen LogP contribution in [0.25, 0.3) is 0 Å². The smallest absolute Gasteiger partial charge is 0.339 e. The molecule has 0 aliphatic carbocycles. The van der Waals surface area contributed by atoms with Crippen LogP contribution in [0.3, 0.4) is 0 Å². The fourth-order valence-electron chi connectivity index (χ4n) is 1.30. The van der Waals surface area contributed by atoms with Crippen LogP contribution in [0.5, 0.6) is 5.75 Å². The van der Waals surface area contributed by atoms with Gasteiger partial charge in [-0.25, -0.2) is 4.79 Å². The van der Waals surface area contributed by atoms with Gasteiger partial charge in [0.05, 0.1) is 6.61 Å². The molecule has 4 heteroatoms. The minimum absolute atomic E-state index is 0. The summed E-state index contributed by atoms with van der Waals surface area (Å²) in [5, 5.41) is 8.89. The predicted octanol–water partition coefficient (Wildman–Crippen LogP) is 2.95. The fraction of sp³-hybridized carbons (Fsp3) is 0.417. The summed E-state index contributed by atoms with van der Waals surface area (Å²) < 4.78 is 5.42. The first-order valence-electron chi connectivity index (χ1n) is 5.20. The molecular formula is C12H16MoO3. The summed E-state index contributed by atoms with van der Waals surface area (Å²) in [6.45, 7) is 2.70. The number of para-hydroxylation sites is 1. The van der Waals surface area contributed by atoms with Crippen molar-refractivity contribution < 1.29 is 35.7 Å². The van der Waals surface area contributed by atoms with E-state index in [0.29, 0.717) is 12.4 Å². The van der Waals surface area contributed by atoms with Gasteiger partial charge in [-0.1, -0.05) is 31.9 Å². The van der Waals surface area contributed by atoms with Crippen LogP contribution in [0, 0.1) is 0 Å². The van der Waals surface area contributed by atoms with Gasteiger partial charge in [-0.05, 0) is 18.6 Å².